The molecule has 0 aliphatic carbocycles. The third-order valence-corrected chi connectivity index (χ3v) is 2.84. The maximum Gasteiger partial charge on any atom is 0.417 e. The second-order valence-corrected chi connectivity index (χ2v) is 4.66. The first-order chi connectivity index (χ1) is 10.2. The fourth-order valence-electron chi connectivity index (χ4n) is 1.44. The van der Waals surface area contributed by atoms with Crippen molar-refractivity contribution >= 4 is 17.6 Å². The minimum Gasteiger partial charge on any atom is -0.466 e. The first kappa shape index (κ1) is 15.9. The van der Waals surface area contributed by atoms with E-state index in [4.69, 9.17) is 17.7 Å². The molecule has 0 N–H and O–H groups in total. The quantitative estimate of drug-likeness (QED) is 0.595. The third kappa shape index (κ3) is 5.41. The van der Waals surface area contributed by atoms with E-state index in [2.05, 4.69) is 0 Å². The molecule has 0 aromatic carbocycles. The van der Waals surface area contributed by atoms with Crippen LogP contribution in [-0.2, 0) is 22.3 Å². The van der Waals surface area contributed by atoms with E-state index in [-0.39, 0.29) is 6.61 Å². The van der Waals surface area contributed by atoms with Crippen LogP contribution in [0.3, 0.4) is 0 Å². The summed E-state index contributed by atoms with van der Waals surface area (Å²) >= 11 is 5.48. The lowest BCUT2D eigenvalue weighted by molar-refractivity contribution is -0.144. The van der Waals surface area contributed by atoms with Crippen LogP contribution in [0.15, 0.2) is 17.1 Å². The molecule has 0 spiro atoms. The Balaban J connectivity index is 2.91. The number of halogens is 4. The summed E-state index contributed by atoms with van der Waals surface area (Å²) in [4.78, 5) is 23.2. The van der Waals surface area contributed by atoms with Gasteiger partial charge in [0.25, 0.3) is 5.56 Å². The molecule has 1 aromatic rings. The van der Waals surface area contributed by atoms with E-state index in [0.29, 0.717) is 23.3 Å². The van der Waals surface area contributed by atoms with Crippen LogP contribution in [0, 0.1) is 0 Å². The summed E-state index contributed by atoms with van der Waals surface area (Å²) in [6.07, 6.45) is -4.24. The van der Waals surface area contributed by atoms with Crippen molar-refractivity contribution < 1.29 is 24.1 Å². The van der Waals surface area contributed by atoms with Crippen LogP contribution in [-0.4, -0.2) is 17.1 Å². The van der Waals surface area contributed by atoms with Crippen molar-refractivity contribution in [2.75, 3.05) is 6.61 Å². The number of esters is 1. The Labute approximate surface area is 125 Å². The van der Waals surface area contributed by atoms with Gasteiger partial charge in [-0.3, -0.25) is 9.59 Å². The summed E-state index contributed by atoms with van der Waals surface area (Å²) in [6, 6.07) is 0.513. The fraction of sp³-hybridized carbons (Fsp3) is 0.538. The Hall–Kier alpha value is -1.50. The van der Waals surface area contributed by atoms with Gasteiger partial charge >= 0.3 is 12.1 Å². The van der Waals surface area contributed by atoms with Crippen LogP contribution in [0.2, 0.25) is 5.02 Å². The zero-order valence-corrected chi connectivity index (χ0v) is 12.0. The molecule has 21 heavy (non-hydrogen) atoms. The zero-order valence-electron chi connectivity index (χ0n) is 12.2. The third-order valence-electron chi connectivity index (χ3n) is 2.57. The minimum absolute atomic E-state index is 0.128. The molecular weight excluding hydrogens is 311 g/mol. The van der Waals surface area contributed by atoms with E-state index in [1.165, 1.54) is 0 Å². The van der Waals surface area contributed by atoms with E-state index >= 15 is 0 Å². The van der Waals surface area contributed by atoms with E-state index in [1.54, 1.807) is 0 Å². The van der Waals surface area contributed by atoms with E-state index in [0.717, 1.165) is 6.42 Å². The van der Waals surface area contributed by atoms with Crippen molar-refractivity contribution in [2.24, 2.45) is 0 Å². The number of rotatable bonds is 6. The predicted molar refractivity (Wildman–Crippen MR) is 71.2 cm³/mol. The molecule has 0 bridgehead atoms. The number of aromatic nitrogens is 1. The highest BCUT2D eigenvalue weighted by molar-refractivity contribution is 6.30. The number of aryl methyl sites for hydroxylation is 1. The summed E-state index contributed by atoms with van der Waals surface area (Å²) in [5.74, 6) is -0.895. The van der Waals surface area contributed by atoms with Crippen LogP contribution in [0.4, 0.5) is 13.2 Å². The molecular formula is C13H15ClF3NO3. The van der Waals surface area contributed by atoms with Gasteiger partial charge in [0.1, 0.15) is 5.02 Å². The van der Waals surface area contributed by atoms with Gasteiger partial charge in [0, 0.05) is 14.1 Å². The average molecular weight is 327 g/mol. The molecule has 1 unspecified atom stereocenters. The average Bonchev–Trinajstić information content (AvgIpc) is 2.42. The topological polar surface area (TPSA) is 48.3 Å². The first-order valence-electron chi connectivity index (χ1n) is 6.80. The van der Waals surface area contributed by atoms with Gasteiger partial charge in [-0.25, -0.2) is 0 Å². The Morgan fingerprint density at radius 1 is 1.52 bits per heavy atom. The van der Waals surface area contributed by atoms with Gasteiger partial charge in [0.05, 0.1) is 18.6 Å². The van der Waals surface area contributed by atoms with Crippen LogP contribution in [0.1, 0.15) is 33.1 Å². The summed E-state index contributed by atoms with van der Waals surface area (Å²) in [7, 11) is 0. The van der Waals surface area contributed by atoms with Gasteiger partial charge in [-0.15, -0.1) is 0 Å². The molecule has 1 rings (SSSR count). The van der Waals surface area contributed by atoms with Crippen molar-refractivity contribution in [1.82, 2.24) is 4.57 Å². The highest BCUT2D eigenvalue weighted by Gasteiger charge is 2.32. The lowest BCUT2D eigenvalue weighted by Gasteiger charge is -2.11. The molecule has 0 amide bonds. The molecule has 0 fully saturated rings. The number of nitrogens with zero attached hydrogens (tertiary/aromatic N) is 1. The van der Waals surface area contributed by atoms with Gasteiger partial charge in [-0.1, -0.05) is 24.9 Å². The molecule has 0 saturated heterocycles. The summed E-state index contributed by atoms with van der Waals surface area (Å²) < 4.78 is 51.0. The van der Waals surface area contributed by atoms with E-state index in [9.17, 15) is 22.8 Å². The molecule has 1 heterocycles. The second-order valence-electron chi connectivity index (χ2n) is 4.26. The minimum atomic E-state index is -4.68. The summed E-state index contributed by atoms with van der Waals surface area (Å²) in [5, 5.41) is -0.624. The van der Waals surface area contributed by atoms with Crippen LogP contribution >= 0.6 is 11.6 Å². The highest BCUT2D eigenvalue weighted by Crippen LogP contribution is 2.29. The smallest absolute Gasteiger partial charge is 0.417 e. The number of carbonyl (C=O) groups excluding carboxylic acids is 1. The zero-order chi connectivity index (χ0) is 16.9. The van der Waals surface area contributed by atoms with Gasteiger partial charge in [-0.2, -0.15) is 13.2 Å². The number of unbranched alkanes of at least 4 members (excludes halogenated alkanes) is 1. The number of hydrogen-bond donors (Lipinski definition) is 0. The number of pyridine rings is 1. The van der Waals surface area contributed by atoms with Gasteiger partial charge in [0.2, 0.25) is 0 Å². The number of hydrogen-bond acceptors (Lipinski definition) is 3. The normalized spacial score (nSPS) is 13.7. The fourth-order valence-corrected chi connectivity index (χ4v) is 1.66. The molecule has 4 nitrogen and oxygen atoms in total. The summed E-state index contributed by atoms with van der Waals surface area (Å²) in [5.41, 5.74) is -2.02. The Bertz CT molecular complexity index is 589. The van der Waals surface area contributed by atoms with Crippen LogP contribution in [0.25, 0.3) is 0 Å². The lowest BCUT2D eigenvalue weighted by atomic mass is 10.2. The maximum atomic E-state index is 12.7. The second kappa shape index (κ2) is 7.49. The monoisotopic (exact) mass is 326 g/mol. The van der Waals surface area contributed by atoms with Crippen molar-refractivity contribution in [3.8, 4) is 0 Å². The molecule has 0 saturated carbocycles. The van der Waals surface area contributed by atoms with Crippen molar-refractivity contribution in [3.63, 3.8) is 0 Å². The largest absolute Gasteiger partial charge is 0.466 e. The number of carbonyl (C=O) groups is 1. The van der Waals surface area contributed by atoms with E-state index < -0.39 is 41.2 Å². The van der Waals surface area contributed by atoms with E-state index in [1.807, 2.05) is 6.92 Å². The first-order valence-corrected chi connectivity index (χ1v) is 6.60. The molecule has 1 aromatic heterocycles. The SMILES string of the molecule is [2H]C(Cn1cc(C(F)(F)F)cc(Cl)c1=O)C(=O)OCCCC. The van der Waals surface area contributed by atoms with Crippen LogP contribution < -0.4 is 5.56 Å². The Morgan fingerprint density at radius 2 is 2.19 bits per heavy atom. The number of alkyl halides is 3. The summed E-state index contributed by atoms with van der Waals surface area (Å²) in [6.45, 7) is 1.45. The molecule has 0 radical (unpaired) electrons. The van der Waals surface area contributed by atoms with Gasteiger partial charge in [-0.05, 0) is 12.5 Å². The van der Waals surface area contributed by atoms with Crippen LogP contribution in [0.5, 0.6) is 0 Å². The molecule has 118 valence electrons. The van der Waals surface area contributed by atoms with Crippen molar-refractivity contribution in [1.29, 1.82) is 0 Å². The Kier molecular flexibility index (Phi) is 5.67. The predicted octanol–water partition coefficient (Wildman–Crippen LogP) is 3.25. The Morgan fingerprint density at radius 3 is 2.76 bits per heavy atom. The molecule has 1 atom stereocenters. The maximum absolute atomic E-state index is 12.7. The standard InChI is InChI=1S/C13H15ClF3NO3/c1-2-3-6-21-11(19)4-5-18-8-9(13(15,16)17)7-10(14)12(18)20/h7-8H,2-6H2,1H3/i4D. The molecule has 0 aliphatic heterocycles. The van der Waals surface area contributed by atoms with Crippen molar-refractivity contribution in [3.05, 3.63) is 33.2 Å². The number of ether oxygens (including phenoxy) is 1. The molecule has 0 aliphatic rings. The lowest BCUT2D eigenvalue weighted by Crippen LogP contribution is -2.24. The van der Waals surface area contributed by atoms with Gasteiger partial charge < -0.3 is 9.30 Å². The molecule has 8 heteroatoms. The highest BCUT2D eigenvalue weighted by atomic mass is 35.5. The van der Waals surface area contributed by atoms with Crippen molar-refractivity contribution in [2.45, 2.75) is 38.9 Å². The van der Waals surface area contributed by atoms with Gasteiger partial charge in [0.15, 0.2) is 0 Å².